The van der Waals surface area contributed by atoms with Crippen LogP contribution in [0.4, 0.5) is 23.4 Å². The zero-order valence-electron chi connectivity index (χ0n) is 20.0. The number of fused-ring (bicyclic) bond motifs is 1. The maximum absolute atomic E-state index is 13.4. The van der Waals surface area contributed by atoms with Crippen LogP contribution in [-0.4, -0.2) is 45.0 Å². The molecule has 37 heavy (non-hydrogen) atoms. The van der Waals surface area contributed by atoms with Crippen molar-refractivity contribution in [1.82, 2.24) is 25.3 Å². The van der Waals surface area contributed by atoms with Crippen molar-refractivity contribution in [2.75, 3.05) is 18.0 Å². The van der Waals surface area contributed by atoms with E-state index in [1.165, 1.54) is 0 Å². The Balaban J connectivity index is 1.33. The van der Waals surface area contributed by atoms with Crippen LogP contribution in [0, 0.1) is 0 Å². The van der Waals surface area contributed by atoms with E-state index in [4.69, 9.17) is 0 Å². The summed E-state index contributed by atoms with van der Waals surface area (Å²) in [5.74, 6) is -0.145. The largest absolute Gasteiger partial charge is 0.417 e. The first-order valence-corrected chi connectivity index (χ1v) is 11.8. The second kappa shape index (κ2) is 9.79. The number of nitrogens with one attached hydrogen (secondary N) is 1. The van der Waals surface area contributed by atoms with E-state index in [2.05, 4.69) is 25.5 Å². The molecule has 1 fully saturated rings. The van der Waals surface area contributed by atoms with Crippen molar-refractivity contribution in [3.8, 4) is 11.4 Å². The Labute approximate surface area is 210 Å². The number of benzene rings is 2. The second-order valence-corrected chi connectivity index (χ2v) is 9.00. The minimum absolute atomic E-state index is 0.0213. The lowest BCUT2D eigenvalue weighted by Crippen LogP contribution is -2.45. The van der Waals surface area contributed by atoms with Gasteiger partial charge in [-0.3, -0.25) is 9.48 Å². The van der Waals surface area contributed by atoms with Crippen molar-refractivity contribution < 1.29 is 22.4 Å². The number of nitrogens with zero attached hydrogens (tertiary/aromatic N) is 5. The van der Waals surface area contributed by atoms with Crippen molar-refractivity contribution in [3.63, 3.8) is 0 Å². The van der Waals surface area contributed by atoms with Gasteiger partial charge in [-0.1, -0.05) is 30.3 Å². The van der Waals surface area contributed by atoms with Crippen LogP contribution in [-0.2, 0) is 19.9 Å². The summed E-state index contributed by atoms with van der Waals surface area (Å²) >= 11 is 0. The maximum Gasteiger partial charge on any atom is 0.417 e. The molecule has 2 aromatic heterocycles. The molecule has 0 unspecified atom stereocenters. The highest BCUT2D eigenvalue weighted by atomic mass is 19.4. The molecule has 5 rings (SSSR count). The number of hydrogen-bond acceptors (Lipinski definition) is 5. The fourth-order valence-corrected chi connectivity index (χ4v) is 4.73. The third-order valence-electron chi connectivity index (χ3n) is 6.65. The molecule has 11 heteroatoms. The number of anilines is 1. The third-order valence-corrected chi connectivity index (χ3v) is 6.65. The highest BCUT2D eigenvalue weighted by molar-refractivity contribution is 6.00. The molecule has 1 saturated heterocycles. The number of aromatic nitrogens is 4. The Morgan fingerprint density at radius 1 is 1.05 bits per heavy atom. The van der Waals surface area contributed by atoms with Crippen molar-refractivity contribution in [2.45, 2.75) is 31.7 Å². The zero-order valence-corrected chi connectivity index (χ0v) is 20.0. The quantitative estimate of drug-likeness (QED) is 0.385. The molecule has 1 aliphatic rings. The van der Waals surface area contributed by atoms with Crippen LogP contribution in [0.3, 0.4) is 0 Å². The van der Waals surface area contributed by atoms with Gasteiger partial charge in [-0.2, -0.15) is 18.3 Å². The number of alkyl halides is 4. The summed E-state index contributed by atoms with van der Waals surface area (Å²) in [4.78, 5) is 14.8. The van der Waals surface area contributed by atoms with Crippen LogP contribution in [0.25, 0.3) is 22.2 Å². The van der Waals surface area contributed by atoms with Crippen molar-refractivity contribution in [2.24, 2.45) is 7.05 Å². The number of piperidine rings is 1. The summed E-state index contributed by atoms with van der Waals surface area (Å²) in [6, 6.07) is 12.1. The summed E-state index contributed by atoms with van der Waals surface area (Å²) in [5.41, 5.74) is -0.0558. The normalized spacial score (nSPS) is 14.8. The van der Waals surface area contributed by atoms with Gasteiger partial charge in [0.15, 0.2) is 5.82 Å². The van der Waals surface area contributed by atoms with E-state index in [0.29, 0.717) is 31.7 Å². The SMILES string of the molecule is Cn1nccc1-c1nnc(N2CCC(NC(=O)c3cc(CF)ccc3C(F)(F)F)CC2)c2ccccc12. The van der Waals surface area contributed by atoms with Gasteiger partial charge < -0.3 is 10.2 Å². The maximum atomic E-state index is 13.4. The molecule has 4 aromatic rings. The summed E-state index contributed by atoms with van der Waals surface area (Å²) in [6.45, 7) is 0.113. The Bertz CT molecular complexity index is 1440. The molecule has 0 bridgehead atoms. The van der Waals surface area contributed by atoms with Crippen LogP contribution in [0.1, 0.15) is 34.3 Å². The van der Waals surface area contributed by atoms with Gasteiger partial charge in [0.05, 0.1) is 16.8 Å². The fraction of sp³-hybridized carbons (Fsp3) is 0.308. The van der Waals surface area contributed by atoms with Gasteiger partial charge >= 0.3 is 6.18 Å². The van der Waals surface area contributed by atoms with Gasteiger partial charge in [0.1, 0.15) is 12.4 Å². The highest BCUT2D eigenvalue weighted by Crippen LogP contribution is 2.34. The summed E-state index contributed by atoms with van der Waals surface area (Å²) < 4.78 is 55.1. The molecule has 3 heterocycles. The first kappa shape index (κ1) is 24.7. The topological polar surface area (TPSA) is 75.9 Å². The number of halogens is 4. The lowest BCUT2D eigenvalue weighted by molar-refractivity contribution is -0.138. The van der Waals surface area contributed by atoms with E-state index in [1.807, 2.05) is 37.4 Å². The van der Waals surface area contributed by atoms with Gasteiger partial charge in [0.2, 0.25) is 0 Å². The molecular formula is C26H24F4N6O. The predicted molar refractivity (Wildman–Crippen MR) is 131 cm³/mol. The average molecular weight is 513 g/mol. The van der Waals surface area contributed by atoms with Crippen molar-refractivity contribution >= 4 is 22.5 Å². The van der Waals surface area contributed by atoms with E-state index < -0.39 is 29.9 Å². The first-order valence-electron chi connectivity index (χ1n) is 11.8. The van der Waals surface area contributed by atoms with Crippen LogP contribution < -0.4 is 10.2 Å². The summed E-state index contributed by atoms with van der Waals surface area (Å²) in [6.07, 6.45) is -2.00. The molecular weight excluding hydrogens is 488 g/mol. The average Bonchev–Trinajstić information content (AvgIpc) is 3.33. The van der Waals surface area contributed by atoms with Crippen LogP contribution >= 0.6 is 0 Å². The lowest BCUT2D eigenvalue weighted by atomic mass is 10.0. The number of carbonyl (C=O) groups is 1. The van der Waals surface area contributed by atoms with Gasteiger partial charge in [-0.25, -0.2) is 4.39 Å². The van der Waals surface area contributed by atoms with E-state index >= 15 is 0 Å². The predicted octanol–water partition coefficient (Wildman–Crippen LogP) is 4.92. The van der Waals surface area contributed by atoms with Gasteiger partial charge in [-0.05, 0) is 36.6 Å². The molecule has 1 aliphatic heterocycles. The van der Waals surface area contributed by atoms with Crippen molar-refractivity contribution in [1.29, 1.82) is 0 Å². The second-order valence-electron chi connectivity index (χ2n) is 9.00. The molecule has 2 aromatic carbocycles. The van der Waals surface area contributed by atoms with E-state index in [1.54, 1.807) is 10.9 Å². The first-order chi connectivity index (χ1) is 17.8. The molecule has 192 valence electrons. The van der Waals surface area contributed by atoms with Gasteiger partial charge in [0.25, 0.3) is 5.91 Å². The number of amides is 1. The minimum atomic E-state index is -4.72. The molecule has 0 radical (unpaired) electrons. The molecule has 7 nitrogen and oxygen atoms in total. The van der Waals surface area contributed by atoms with E-state index in [0.717, 1.165) is 40.4 Å². The van der Waals surface area contributed by atoms with Gasteiger partial charge in [0, 0.05) is 43.1 Å². The van der Waals surface area contributed by atoms with Gasteiger partial charge in [-0.15, -0.1) is 10.2 Å². The minimum Gasteiger partial charge on any atom is -0.354 e. The van der Waals surface area contributed by atoms with Crippen molar-refractivity contribution in [3.05, 3.63) is 71.4 Å². The van der Waals surface area contributed by atoms with E-state index in [-0.39, 0.29) is 11.6 Å². The van der Waals surface area contributed by atoms with Crippen LogP contribution in [0.15, 0.2) is 54.7 Å². The molecule has 0 spiro atoms. The third kappa shape index (κ3) is 4.85. The summed E-state index contributed by atoms with van der Waals surface area (Å²) in [5, 5.41) is 17.8. The Morgan fingerprint density at radius 3 is 2.43 bits per heavy atom. The summed E-state index contributed by atoms with van der Waals surface area (Å²) in [7, 11) is 1.84. The number of aryl methyl sites for hydroxylation is 1. The molecule has 0 aliphatic carbocycles. The number of carbonyl (C=O) groups excluding carboxylic acids is 1. The number of rotatable bonds is 5. The number of hydrogen-bond donors (Lipinski definition) is 1. The fourth-order valence-electron chi connectivity index (χ4n) is 4.73. The Kier molecular flexibility index (Phi) is 6.53. The van der Waals surface area contributed by atoms with Crippen LogP contribution in [0.2, 0.25) is 0 Å². The molecule has 0 saturated carbocycles. The monoisotopic (exact) mass is 512 g/mol. The lowest BCUT2D eigenvalue weighted by Gasteiger charge is -2.33. The zero-order chi connectivity index (χ0) is 26.2. The Morgan fingerprint density at radius 2 is 1.78 bits per heavy atom. The van der Waals surface area contributed by atoms with Crippen LogP contribution in [0.5, 0.6) is 0 Å². The highest BCUT2D eigenvalue weighted by Gasteiger charge is 2.36. The standard InChI is InChI=1S/C26H24F4N6O/c1-35-22(8-11-31-35)23-18-4-2-3-5-19(18)24(34-33-23)36-12-9-17(10-13-36)32-25(37)20-14-16(15-27)6-7-21(20)26(28,29)30/h2-8,11,14,17H,9-10,12-13,15H2,1H3,(H,32,37). The molecule has 0 atom stereocenters. The molecule has 1 N–H and O–H groups in total. The Hall–Kier alpha value is -4.02. The smallest absolute Gasteiger partial charge is 0.354 e. The van der Waals surface area contributed by atoms with E-state index in [9.17, 15) is 22.4 Å². The molecule has 1 amide bonds.